The molecule has 3 fully saturated rings. The second-order valence-corrected chi connectivity index (χ2v) is 10.9. The molecule has 3 unspecified atom stereocenters. The molecule has 3 aliphatic rings. The Labute approximate surface area is 220 Å². The molecule has 0 radical (unpaired) electrons. The van der Waals surface area contributed by atoms with Crippen LogP contribution in [0.15, 0.2) is 48.5 Å². The number of hydrogen-bond acceptors (Lipinski definition) is 4. The maximum Gasteiger partial charge on any atom is 0.416 e. The lowest BCUT2D eigenvalue weighted by atomic mass is 9.81. The lowest BCUT2D eigenvalue weighted by Gasteiger charge is -2.36. The first-order valence-electron chi connectivity index (χ1n) is 13.3. The summed E-state index contributed by atoms with van der Waals surface area (Å²) in [5.41, 5.74) is 0.560. The molecule has 5 atom stereocenters. The highest BCUT2D eigenvalue weighted by molar-refractivity contribution is 5.95. The van der Waals surface area contributed by atoms with Gasteiger partial charge in [0.2, 0.25) is 11.8 Å². The highest BCUT2D eigenvalue weighted by atomic mass is 19.4. The number of hydrogen-bond donors (Lipinski definition) is 2. The van der Waals surface area contributed by atoms with Gasteiger partial charge in [0.25, 0.3) is 0 Å². The minimum absolute atomic E-state index is 0.0517. The van der Waals surface area contributed by atoms with Crippen molar-refractivity contribution in [1.29, 1.82) is 0 Å². The van der Waals surface area contributed by atoms with Gasteiger partial charge in [-0.25, -0.2) is 0 Å². The van der Waals surface area contributed by atoms with Crippen LogP contribution in [0.3, 0.4) is 0 Å². The van der Waals surface area contributed by atoms with Crippen LogP contribution in [0.5, 0.6) is 5.75 Å². The van der Waals surface area contributed by atoms with Gasteiger partial charge < -0.3 is 15.4 Å². The molecule has 0 bridgehead atoms. The molecule has 5 rings (SSSR count). The van der Waals surface area contributed by atoms with Crippen LogP contribution in [0.2, 0.25) is 0 Å². The van der Waals surface area contributed by atoms with Crippen LogP contribution in [0.1, 0.15) is 36.8 Å². The van der Waals surface area contributed by atoms with Gasteiger partial charge in [-0.05, 0) is 72.9 Å². The second kappa shape index (κ2) is 11.0. The van der Waals surface area contributed by atoms with E-state index in [1.54, 1.807) is 7.11 Å². The maximum atomic E-state index is 12.9. The zero-order valence-corrected chi connectivity index (χ0v) is 21.5. The lowest BCUT2D eigenvalue weighted by molar-refractivity contribution is -0.137. The second-order valence-electron chi connectivity index (χ2n) is 10.9. The van der Waals surface area contributed by atoms with E-state index in [9.17, 15) is 22.8 Å². The Balaban J connectivity index is 1.04. The quantitative estimate of drug-likeness (QED) is 0.518. The van der Waals surface area contributed by atoms with E-state index in [0.717, 1.165) is 37.4 Å². The third-order valence-electron chi connectivity index (χ3n) is 8.38. The predicted molar refractivity (Wildman–Crippen MR) is 138 cm³/mol. The van der Waals surface area contributed by atoms with Gasteiger partial charge in [-0.1, -0.05) is 31.0 Å². The number of likely N-dealkylation sites (tertiary alicyclic amines) is 1. The summed E-state index contributed by atoms with van der Waals surface area (Å²) in [7, 11) is 1.68. The fourth-order valence-electron chi connectivity index (χ4n) is 6.38. The van der Waals surface area contributed by atoms with Crippen LogP contribution in [0.4, 0.5) is 18.9 Å². The van der Waals surface area contributed by atoms with E-state index >= 15 is 0 Å². The Morgan fingerprint density at radius 1 is 1.05 bits per heavy atom. The number of rotatable bonds is 8. The SMILES string of the molecule is COc1ccc(CC2CCCC(N3C[C@@H]4C(C(=O)NCC(=O)Nc5cccc(C(F)(F)F)c5)[C@@H]4C3)C2)cc1. The van der Waals surface area contributed by atoms with E-state index in [1.807, 2.05) is 12.1 Å². The Morgan fingerprint density at radius 2 is 1.79 bits per heavy atom. The molecule has 0 spiro atoms. The first kappa shape index (κ1) is 26.5. The van der Waals surface area contributed by atoms with Crippen LogP contribution in [-0.4, -0.2) is 49.5 Å². The molecular formula is C29H34F3N3O3. The van der Waals surface area contributed by atoms with Gasteiger partial charge in [-0.2, -0.15) is 13.2 Å². The monoisotopic (exact) mass is 529 g/mol. The summed E-state index contributed by atoms with van der Waals surface area (Å²) in [5, 5.41) is 5.10. The molecule has 2 saturated carbocycles. The van der Waals surface area contributed by atoms with Crippen LogP contribution in [-0.2, 0) is 22.2 Å². The fourth-order valence-corrected chi connectivity index (χ4v) is 6.38. The smallest absolute Gasteiger partial charge is 0.416 e. The maximum absolute atomic E-state index is 12.9. The number of piperidine rings is 1. The lowest BCUT2D eigenvalue weighted by Crippen LogP contribution is -2.41. The molecule has 2 aliphatic carbocycles. The third-order valence-corrected chi connectivity index (χ3v) is 8.38. The molecule has 2 aromatic rings. The summed E-state index contributed by atoms with van der Waals surface area (Å²) in [4.78, 5) is 27.4. The van der Waals surface area contributed by atoms with Gasteiger partial charge in [0, 0.05) is 30.7 Å². The van der Waals surface area contributed by atoms with Crippen molar-refractivity contribution in [2.75, 3.05) is 32.1 Å². The minimum Gasteiger partial charge on any atom is -0.497 e. The molecule has 6 nitrogen and oxygen atoms in total. The zero-order valence-electron chi connectivity index (χ0n) is 21.5. The van der Waals surface area contributed by atoms with Gasteiger partial charge in [0.15, 0.2) is 0 Å². The first-order valence-corrected chi connectivity index (χ1v) is 13.3. The molecule has 204 valence electrons. The summed E-state index contributed by atoms with van der Waals surface area (Å²) >= 11 is 0. The van der Waals surface area contributed by atoms with E-state index in [-0.39, 0.29) is 24.1 Å². The summed E-state index contributed by atoms with van der Waals surface area (Å²) in [6.45, 7) is 1.57. The molecular weight excluding hydrogens is 495 g/mol. The number of nitrogens with one attached hydrogen (secondary N) is 2. The normalized spacial score (nSPS) is 26.9. The average molecular weight is 530 g/mol. The van der Waals surface area contributed by atoms with Crippen LogP contribution >= 0.6 is 0 Å². The Morgan fingerprint density at radius 3 is 2.47 bits per heavy atom. The van der Waals surface area contributed by atoms with E-state index < -0.39 is 17.6 Å². The molecule has 0 aromatic heterocycles. The predicted octanol–water partition coefficient (Wildman–Crippen LogP) is 4.75. The molecule has 1 heterocycles. The van der Waals surface area contributed by atoms with E-state index in [2.05, 4.69) is 27.7 Å². The van der Waals surface area contributed by atoms with Crippen molar-refractivity contribution < 1.29 is 27.5 Å². The van der Waals surface area contributed by atoms with E-state index in [4.69, 9.17) is 4.74 Å². The van der Waals surface area contributed by atoms with Gasteiger partial charge in [0.05, 0.1) is 19.2 Å². The molecule has 2 amide bonds. The highest BCUT2D eigenvalue weighted by Gasteiger charge is 2.60. The largest absolute Gasteiger partial charge is 0.497 e. The average Bonchev–Trinajstić information content (AvgIpc) is 3.40. The highest BCUT2D eigenvalue weighted by Crippen LogP contribution is 2.53. The molecule has 1 saturated heterocycles. The standard InChI is InChI=1S/C29H34F3N3O3/c1-38-23-10-8-18(9-11-23)12-19-4-2-7-22(13-19)35-16-24-25(17-35)27(24)28(37)33-15-26(36)34-21-6-3-5-20(14-21)29(30,31)32/h3,5-6,8-11,14,19,22,24-25,27H,2,4,7,12-13,15-17H2,1H3,(H,33,37)(H,34,36)/t19?,22?,24-,25+,27?. The number of methoxy groups -OCH3 is 1. The van der Waals surface area contributed by atoms with Crippen LogP contribution < -0.4 is 15.4 Å². The fraction of sp³-hybridized carbons (Fsp3) is 0.517. The van der Waals surface area contributed by atoms with Crippen molar-refractivity contribution in [1.82, 2.24) is 10.2 Å². The van der Waals surface area contributed by atoms with Crippen molar-refractivity contribution in [2.24, 2.45) is 23.7 Å². The van der Waals surface area contributed by atoms with Gasteiger partial charge in [-0.3, -0.25) is 14.5 Å². The summed E-state index contributed by atoms with van der Waals surface area (Å²) in [6.07, 6.45) is 1.44. The van der Waals surface area contributed by atoms with E-state index in [0.29, 0.717) is 23.8 Å². The van der Waals surface area contributed by atoms with Crippen molar-refractivity contribution in [3.8, 4) is 5.75 Å². The Bertz CT molecular complexity index is 1140. The number of carbonyl (C=O) groups excluding carboxylic acids is 2. The summed E-state index contributed by atoms with van der Waals surface area (Å²) in [6, 6.07) is 13.3. The van der Waals surface area contributed by atoms with Crippen molar-refractivity contribution in [3.05, 3.63) is 59.7 Å². The topological polar surface area (TPSA) is 70.7 Å². The number of alkyl halides is 3. The minimum atomic E-state index is -4.48. The van der Waals surface area contributed by atoms with Crippen LogP contribution in [0, 0.1) is 23.7 Å². The zero-order chi connectivity index (χ0) is 26.9. The Kier molecular flexibility index (Phi) is 7.66. The summed E-state index contributed by atoms with van der Waals surface area (Å²) < 4.78 is 43.9. The van der Waals surface area contributed by atoms with Gasteiger partial charge in [0.1, 0.15) is 5.75 Å². The molecule has 9 heteroatoms. The summed E-state index contributed by atoms with van der Waals surface area (Å²) in [5.74, 6) is 1.42. The van der Waals surface area contributed by atoms with Crippen molar-refractivity contribution >= 4 is 17.5 Å². The number of anilines is 1. The number of carbonyl (C=O) groups is 2. The number of benzene rings is 2. The molecule has 2 aromatic carbocycles. The Hall–Kier alpha value is -3.07. The molecule has 2 N–H and O–H groups in total. The molecule has 38 heavy (non-hydrogen) atoms. The number of halogens is 3. The van der Waals surface area contributed by atoms with Crippen LogP contribution in [0.25, 0.3) is 0 Å². The van der Waals surface area contributed by atoms with E-state index in [1.165, 1.54) is 43.4 Å². The number of amides is 2. The first-order chi connectivity index (χ1) is 18.2. The van der Waals surface area contributed by atoms with Crippen molar-refractivity contribution in [3.63, 3.8) is 0 Å². The third kappa shape index (κ3) is 6.14. The molecule has 1 aliphatic heterocycles. The van der Waals surface area contributed by atoms with Crippen molar-refractivity contribution in [2.45, 2.75) is 44.3 Å². The van der Waals surface area contributed by atoms with Gasteiger partial charge >= 0.3 is 6.18 Å². The van der Waals surface area contributed by atoms with Gasteiger partial charge in [-0.15, -0.1) is 0 Å². The number of fused-ring (bicyclic) bond motifs is 1. The number of nitrogens with zero attached hydrogens (tertiary/aromatic N) is 1. The number of ether oxygens (including phenoxy) is 1.